The van der Waals surface area contributed by atoms with E-state index in [1.165, 1.54) is 17.0 Å². The fourth-order valence-corrected chi connectivity index (χ4v) is 4.10. The summed E-state index contributed by atoms with van der Waals surface area (Å²) in [6.45, 7) is 7.50. The minimum absolute atomic E-state index is 0.0188. The summed E-state index contributed by atoms with van der Waals surface area (Å²) in [5.41, 5.74) is -1.31. The van der Waals surface area contributed by atoms with Gasteiger partial charge in [0.2, 0.25) is 0 Å². The number of amides is 1. The Kier molecular flexibility index (Phi) is 6.44. The summed E-state index contributed by atoms with van der Waals surface area (Å²) in [6.07, 6.45) is 2.17. The molecule has 1 N–H and O–H groups in total. The van der Waals surface area contributed by atoms with Crippen LogP contribution in [-0.2, 0) is 11.3 Å². The topological polar surface area (TPSA) is 47.0 Å². The summed E-state index contributed by atoms with van der Waals surface area (Å²) < 4.78 is 27.4. The number of rotatable bonds is 6. The Labute approximate surface area is 159 Å². The van der Waals surface area contributed by atoms with Gasteiger partial charge in [-0.1, -0.05) is 19.1 Å². The molecule has 1 aromatic rings. The number of aliphatic hydroxyl groups is 1. The molecule has 150 valence electrons. The van der Waals surface area contributed by atoms with E-state index in [1.807, 2.05) is 0 Å². The zero-order valence-corrected chi connectivity index (χ0v) is 16.0. The third kappa shape index (κ3) is 4.65. The molecule has 3 rings (SSSR count). The van der Waals surface area contributed by atoms with Crippen molar-refractivity contribution in [2.45, 2.75) is 38.3 Å². The number of benzene rings is 1. The predicted molar refractivity (Wildman–Crippen MR) is 99.1 cm³/mol. The number of likely N-dealkylation sites (tertiary alicyclic amines) is 1. The first-order chi connectivity index (χ1) is 12.9. The Morgan fingerprint density at radius 3 is 2.52 bits per heavy atom. The zero-order chi connectivity index (χ0) is 19.4. The van der Waals surface area contributed by atoms with E-state index in [9.17, 15) is 18.7 Å². The van der Waals surface area contributed by atoms with Gasteiger partial charge in [-0.05, 0) is 31.9 Å². The number of piperazine rings is 1. The lowest BCUT2D eigenvalue weighted by atomic mass is 9.90. The number of carbonyl (C=O) groups excluding carboxylic acids is 1. The second kappa shape index (κ2) is 8.63. The van der Waals surface area contributed by atoms with Gasteiger partial charge in [0.25, 0.3) is 5.91 Å². The van der Waals surface area contributed by atoms with E-state index in [0.29, 0.717) is 25.9 Å². The molecule has 2 fully saturated rings. The van der Waals surface area contributed by atoms with Crippen molar-refractivity contribution < 1.29 is 18.7 Å². The van der Waals surface area contributed by atoms with E-state index >= 15 is 0 Å². The Hall–Kier alpha value is -1.57. The van der Waals surface area contributed by atoms with Gasteiger partial charge in [-0.2, -0.15) is 0 Å². The Morgan fingerprint density at radius 2 is 1.81 bits per heavy atom. The molecule has 0 saturated carbocycles. The maximum absolute atomic E-state index is 14.0. The molecule has 2 aliphatic rings. The summed E-state index contributed by atoms with van der Waals surface area (Å²) in [5.74, 6) is -2.22. The van der Waals surface area contributed by atoms with Crippen LogP contribution in [-0.4, -0.2) is 77.1 Å². The second-order valence-corrected chi connectivity index (χ2v) is 7.69. The molecule has 0 spiro atoms. The number of β-amino-alcohol motifs (C(OH)–C–C–N with tert-alkyl or cyclic N) is 1. The molecule has 0 aliphatic carbocycles. The van der Waals surface area contributed by atoms with Crippen LogP contribution in [0, 0.1) is 11.6 Å². The first-order valence-electron chi connectivity index (χ1n) is 9.82. The van der Waals surface area contributed by atoms with Gasteiger partial charge in [0, 0.05) is 51.4 Å². The summed E-state index contributed by atoms with van der Waals surface area (Å²) in [4.78, 5) is 18.9. The highest BCUT2D eigenvalue weighted by molar-refractivity contribution is 5.86. The molecule has 1 atom stereocenters. The van der Waals surface area contributed by atoms with Crippen LogP contribution in [0.2, 0.25) is 0 Å². The monoisotopic (exact) mass is 381 g/mol. The molecule has 0 aromatic heterocycles. The molecule has 2 heterocycles. The van der Waals surface area contributed by atoms with Crippen LogP contribution in [0.3, 0.4) is 0 Å². The van der Waals surface area contributed by atoms with Crippen LogP contribution >= 0.6 is 0 Å². The minimum Gasteiger partial charge on any atom is -0.379 e. The summed E-state index contributed by atoms with van der Waals surface area (Å²) in [6, 6.07) is 3.97. The Balaban J connectivity index is 1.62. The SMILES string of the molecule is CCCN1CCN(C[C@@]2(O)CCCN(Cc3cccc(F)c3F)C2=O)CC1. The van der Waals surface area contributed by atoms with E-state index in [4.69, 9.17) is 0 Å². The molecular formula is C20H29F2N3O2. The van der Waals surface area contributed by atoms with Crippen molar-refractivity contribution in [3.8, 4) is 0 Å². The van der Waals surface area contributed by atoms with Crippen LogP contribution in [0.25, 0.3) is 0 Å². The van der Waals surface area contributed by atoms with Crippen LogP contribution in [0.1, 0.15) is 31.7 Å². The van der Waals surface area contributed by atoms with Crippen LogP contribution in [0.5, 0.6) is 0 Å². The summed E-state index contributed by atoms with van der Waals surface area (Å²) in [7, 11) is 0. The first-order valence-corrected chi connectivity index (χ1v) is 9.82. The number of nitrogens with zero attached hydrogens (tertiary/aromatic N) is 3. The van der Waals surface area contributed by atoms with E-state index < -0.39 is 17.2 Å². The van der Waals surface area contributed by atoms with Crippen LogP contribution < -0.4 is 0 Å². The molecule has 0 radical (unpaired) electrons. The van der Waals surface area contributed by atoms with E-state index in [0.717, 1.165) is 45.2 Å². The number of halogens is 2. The lowest BCUT2D eigenvalue weighted by Crippen LogP contribution is -2.60. The standard InChI is InChI=1S/C20H29F2N3O2/c1-2-8-23-10-12-24(13-11-23)15-20(27)7-4-9-25(19(20)26)14-16-5-3-6-17(21)18(16)22/h3,5-6,27H,2,4,7-15H2,1H3/t20-/m0/s1. The maximum Gasteiger partial charge on any atom is 0.256 e. The highest BCUT2D eigenvalue weighted by Crippen LogP contribution is 2.26. The van der Waals surface area contributed by atoms with Gasteiger partial charge in [0.05, 0.1) is 0 Å². The van der Waals surface area contributed by atoms with Gasteiger partial charge in [-0.3, -0.25) is 9.69 Å². The second-order valence-electron chi connectivity index (χ2n) is 7.69. The lowest BCUT2D eigenvalue weighted by Gasteiger charge is -2.43. The highest BCUT2D eigenvalue weighted by Gasteiger charge is 2.43. The average Bonchev–Trinajstić information content (AvgIpc) is 2.65. The van der Waals surface area contributed by atoms with Crippen molar-refractivity contribution in [3.63, 3.8) is 0 Å². The molecule has 1 aromatic carbocycles. The molecule has 7 heteroatoms. The largest absolute Gasteiger partial charge is 0.379 e. The maximum atomic E-state index is 14.0. The fourth-order valence-electron chi connectivity index (χ4n) is 4.10. The van der Waals surface area contributed by atoms with Gasteiger partial charge in [0.15, 0.2) is 17.2 Å². The van der Waals surface area contributed by atoms with Crippen LogP contribution in [0.15, 0.2) is 18.2 Å². The van der Waals surface area contributed by atoms with E-state index in [-0.39, 0.29) is 18.0 Å². The normalized spacial score (nSPS) is 25.2. The highest BCUT2D eigenvalue weighted by atomic mass is 19.2. The molecule has 5 nitrogen and oxygen atoms in total. The van der Waals surface area contributed by atoms with Crippen molar-refractivity contribution in [2.24, 2.45) is 0 Å². The van der Waals surface area contributed by atoms with Gasteiger partial charge >= 0.3 is 0 Å². The molecule has 0 unspecified atom stereocenters. The lowest BCUT2D eigenvalue weighted by molar-refractivity contribution is -0.160. The van der Waals surface area contributed by atoms with E-state index in [2.05, 4.69) is 16.7 Å². The Bertz CT molecular complexity index is 665. The van der Waals surface area contributed by atoms with Gasteiger partial charge in [0.1, 0.15) is 0 Å². The molecule has 27 heavy (non-hydrogen) atoms. The van der Waals surface area contributed by atoms with Crippen molar-refractivity contribution in [1.82, 2.24) is 14.7 Å². The van der Waals surface area contributed by atoms with Gasteiger partial charge in [-0.25, -0.2) is 8.78 Å². The van der Waals surface area contributed by atoms with Gasteiger partial charge in [-0.15, -0.1) is 0 Å². The predicted octanol–water partition coefficient (Wildman–Crippen LogP) is 1.85. The van der Waals surface area contributed by atoms with Crippen LogP contribution in [0.4, 0.5) is 8.78 Å². The first kappa shape index (κ1) is 20.2. The number of piperidine rings is 1. The van der Waals surface area contributed by atoms with E-state index in [1.54, 1.807) is 0 Å². The third-order valence-electron chi connectivity index (χ3n) is 5.59. The third-order valence-corrected chi connectivity index (χ3v) is 5.59. The zero-order valence-electron chi connectivity index (χ0n) is 16.0. The average molecular weight is 381 g/mol. The molecule has 2 saturated heterocycles. The summed E-state index contributed by atoms with van der Waals surface area (Å²) >= 11 is 0. The molecule has 1 amide bonds. The summed E-state index contributed by atoms with van der Waals surface area (Å²) in [5, 5.41) is 11.0. The molecular weight excluding hydrogens is 352 g/mol. The van der Waals surface area contributed by atoms with Crippen molar-refractivity contribution in [3.05, 3.63) is 35.4 Å². The Morgan fingerprint density at radius 1 is 1.11 bits per heavy atom. The van der Waals surface area contributed by atoms with Gasteiger partial charge < -0.3 is 14.9 Å². The number of hydrogen-bond acceptors (Lipinski definition) is 4. The minimum atomic E-state index is -1.45. The van der Waals surface area contributed by atoms with Crippen molar-refractivity contribution in [2.75, 3.05) is 45.8 Å². The smallest absolute Gasteiger partial charge is 0.256 e. The van der Waals surface area contributed by atoms with Crippen molar-refractivity contribution in [1.29, 1.82) is 0 Å². The number of carbonyl (C=O) groups is 1. The quantitative estimate of drug-likeness (QED) is 0.817. The molecule has 0 bridgehead atoms. The number of hydrogen-bond donors (Lipinski definition) is 1. The fraction of sp³-hybridized carbons (Fsp3) is 0.650. The van der Waals surface area contributed by atoms with Crippen molar-refractivity contribution >= 4 is 5.91 Å². The molecule has 2 aliphatic heterocycles.